The standard InChI is InChI=1S/C14H18FN3OS/c1-9-5-6-10(8-11(9)15)17-14(20)18-7-3-2-4-12(18)13(16)19/h5-6,8,12H,2-4,7H2,1H3,(H2,16,19)(H,17,20)/t12-/m0/s1. The monoisotopic (exact) mass is 295 g/mol. The van der Waals surface area contributed by atoms with Crippen molar-refractivity contribution in [3.8, 4) is 0 Å². The van der Waals surface area contributed by atoms with E-state index in [0.717, 1.165) is 12.8 Å². The molecule has 0 unspecified atom stereocenters. The zero-order chi connectivity index (χ0) is 14.7. The fourth-order valence-electron chi connectivity index (χ4n) is 2.34. The number of hydrogen-bond donors (Lipinski definition) is 2. The van der Waals surface area contributed by atoms with Gasteiger partial charge in [0.05, 0.1) is 0 Å². The van der Waals surface area contributed by atoms with Crippen molar-refractivity contribution in [2.75, 3.05) is 11.9 Å². The van der Waals surface area contributed by atoms with Gasteiger partial charge in [-0.1, -0.05) is 6.07 Å². The largest absolute Gasteiger partial charge is 0.368 e. The molecule has 0 bridgehead atoms. The first-order valence-electron chi connectivity index (χ1n) is 6.62. The first-order chi connectivity index (χ1) is 9.49. The Morgan fingerprint density at radius 2 is 2.25 bits per heavy atom. The molecule has 6 heteroatoms. The Kier molecular flexibility index (Phi) is 4.54. The second kappa shape index (κ2) is 6.17. The van der Waals surface area contributed by atoms with Crippen molar-refractivity contribution in [2.24, 2.45) is 5.73 Å². The second-order valence-corrected chi connectivity index (χ2v) is 5.39. The van der Waals surface area contributed by atoms with Gasteiger partial charge in [0.15, 0.2) is 5.11 Å². The summed E-state index contributed by atoms with van der Waals surface area (Å²) >= 11 is 5.31. The molecule has 0 aliphatic carbocycles. The fourth-order valence-corrected chi connectivity index (χ4v) is 2.67. The molecule has 1 amide bonds. The fraction of sp³-hybridized carbons (Fsp3) is 0.429. The highest BCUT2D eigenvalue weighted by atomic mass is 32.1. The Morgan fingerprint density at radius 3 is 2.90 bits per heavy atom. The number of rotatable bonds is 2. The highest BCUT2D eigenvalue weighted by Gasteiger charge is 2.28. The molecule has 1 aliphatic rings. The lowest BCUT2D eigenvalue weighted by Crippen LogP contribution is -2.51. The molecule has 1 fully saturated rings. The molecule has 0 saturated carbocycles. The summed E-state index contributed by atoms with van der Waals surface area (Å²) in [6, 6.07) is 4.46. The number of nitrogens with zero attached hydrogens (tertiary/aromatic N) is 1. The van der Waals surface area contributed by atoms with Gasteiger partial charge in [-0.05, 0) is 56.1 Å². The number of thiocarbonyl (C=S) groups is 1. The minimum absolute atomic E-state index is 0.289. The van der Waals surface area contributed by atoms with E-state index >= 15 is 0 Å². The second-order valence-electron chi connectivity index (χ2n) is 5.00. The van der Waals surface area contributed by atoms with Crippen LogP contribution in [-0.4, -0.2) is 28.5 Å². The van der Waals surface area contributed by atoms with E-state index in [9.17, 15) is 9.18 Å². The van der Waals surface area contributed by atoms with Crippen LogP contribution < -0.4 is 11.1 Å². The predicted molar refractivity (Wildman–Crippen MR) is 80.9 cm³/mol. The van der Waals surface area contributed by atoms with Crippen LogP contribution in [0.2, 0.25) is 0 Å². The van der Waals surface area contributed by atoms with Crippen molar-refractivity contribution in [1.29, 1.82) is 0 Å². The van der Waals surface area contributed by atoms with Crippen LogP contribution >= 0.6 is 12.2 Å². The van der Waals surface area contributed by atoms with Crippen LogP contribution in [0.15, 0.2) is 18.2 Å². The number of carbonyl (C=O) groups excluding carboxylic acids is 1. The number of halogens is 1. The summed E-state index contributed by atoms with van der Waals surface area (Å²) in [6.45, 7) is 2.39. The van der Waals surface area contributed by atoms with E-state index in [1.54, 1.807) is 24.0 Å². The average Bonchev–Trinajstić information content (AvgIpc) is 2.43. The molecule has 1 heterocycles. The minimum Gasteiger partial charge on any atom is -0.368 e. The summed E-state index contributed by atoms with van der Waals surface area (Å²) in [5.74, 6) is -0.660. The maximum absolute atomic E-state index is 13.5. The number of amides is 1. The van der Waals surface area contributed by atoms with E-state index < -0.39 is 0 Å². The third-order valence-electron chi connectivity index (χ3n) is 3.52. The van der Waals surface area contributed by atoms with Crippen LogP contribution in [0, 0.1) is 12.7 Å². The normalized spacial score (nSPS) is 18.7. The Morgan fingerprint density at radius 1 is 1.50 bits per heavy atom. The van der Waals surface area contributed by atoms with Gasteiger partial charge in [0, 0.05) is 12.2 Å². The molecule has 0 spiro atoms. The summed E-state index contributed by atoms with van der Waals surface area (Å²) in [7, 11) is 0. The molecule has 108 valence electrons. The van der Waals surface area contributed by atoms with Crippen LogP contribution in [0.1, 0.15) is 24.8 Å². The number of likely N-dealkylation sites (tertiary alicyclic amines) is 1. The molecular formula is C14H18FN3OS. The van der Waals surface area contributed by atoms with Gasteiger partial charge in [-0.2, -0.15) is 0 Å². The van der Waals surface area contributed by atoms with E-state index in [1.807, 2.05) is 0 Å². The Labute approximate surface area is 123 Å². The Bertz CT molecular complexity index is 535. The number of nitrogens with one attached hydrogen (secondary N) is 1. The van der Waals surface area contributed by atoms with Crippen LogP contribution in [0.3, 0.4) is 0 Å². The summed E-state index contributed by atoms with van der Waals surface area (Å²) in [5, 5.41) is 3.39. The number of anilines is 1. The maximum atomic E-state index is 13.5. The lowest BCUT2D eigenvalue weighted by Gasteiger charge is -2.35. The van der Waals surface area contributed by atoms with Gasteiger partial charge < -0.3 is 16.0 Å². The lowest BCUT2D eigenvalue weighted by molar-refractivity contribution is -0.122. The number of carbonyl (C=O) groups is 1. The van der Waals surface area contributed by atoms with Gasteiger partial charge >= 0.3 is 0 Å². The third kappa shape index (κ3) is 3.25. The summed E-state index contributed by atoms with van der Waals surface area (Å²) in [6.07, 6.45) is 2.64. The molecule has 1 aromatic carbocycles. The number of primary amides is 1. The van der Waals surface area contributed by atoms with E-state index in [-0.39, 0.29) is 17.8 Å². The van der Waals surface area contributed by atoms with Crippen LogP contribution in [0.5, 0.6) is 0 Å². The topological polar surface area (TPSA) is 58.4 Å². The van der Waals surface area contributed by atoms with Crippen molar-refractivity contribution in [2.45, 2.75) is 32.2 Å². The van der Waals surface area contributed by atoms with Crippen LogP contribution in [0.25, 0.3) is 0 Å². The summed E-state index contributed by atoms with van der Waals surface area (Å²) < 4.78 is 13.5. The third-order valence-corrected chi connectivity index (χ3v) is 3.85. The number of aryl methyl sites for hydroxylation is 1. The zero-order valence-electron chi connectivity index (χ0n) is 11.4. The van der Waals surface area contributed by atoms with Crippen molar-refractivity contribution < 1.29 is 9.18 Å². The molecular weight excluding hydrogens is 277 g/mol. The lowest BCUT2D eigenvalue weighted by atomic mass is 10.0. The molecule has 2 rings (SSSR count). The molecule has 0 aromatic heterocycles. The minimum atomic E-state index is -0.376. The Balaban J connectivity index is 2.09. The smallest absolute Gasteiger partial charge is 0.240 e. The van der Waals surface area contributed by atoms with Gasteiger partial charge in [-0.3, -0.25) is 4.79 Å². The van der Waals surface area contributed by atoms with Crippen LogP contribution in [0.4, 0.5) is 10.1 Å². The van der Waals surface area contributed by atoms with E-state index in [4.69, 9.17) is 18.0 Å². The number of piperidine rings is 1. The maximum Gasteiger partial charge on any atom is 0.240 e. The highest BCUT2D eigenvalue weighted by molar-refractivity contribution is 7.80. The molecule has 1 atom stereocenters. The zero-order valence-corrected chi connectivity index (χ0v) is 12.2. The van der Waals surface area contributed by atoms with Crippen molar-refractivity contribution >= 4 is 28.9 Å². The first kappa shape index (κ1) is 14.7. The summed E-state index contributed by atoms with van der Waals surface area (Å²) in [5.41, 5.74) is 6.56. The van der Waals surface area contributed by atoms with Gasteiger partial charge in [-0.15, -0.1) is 0 Å². The molecule has 0 radical (unpaired) electrons. The molecule has 4 nitrogen and oxygen atoms in total. The van der Waals surface area contributed by atoms with Crippen molar-refractivity contribution in [3.63, 3.8) is 0 Å². The van der Waals surface area contributed by atoms with E-state index in [2.05, 4.69) is 5.32 Å². The van der Waals surface area contributed by atoms with Gasteiger partial charge in [0.2, 0.25) is 5.91 Å². The molecule has 1 aliphatic heterocycles. The summed E-state index contributed by atoms with van der Waals surface area (Å²) in [4.78, 5) is 13.2. The number of hydrogen-bond acceptors (Lipinski definition) is 2. The van der Waals surface area contributed by atoms with Crippen molar-refractivity contribution in [1.82, 2.24) is 4.90 Å². The average molecular weight is 295 g/mol. The number of nitrogens with two attached hydrogens (primary N) is 1. The number of benzene rings is 1. The van der Waals surface area contributed by atoms with Gasteiger partial charge in [0.1, 0.15) is 11.9 Å². The Hall–Kier alpha value is -1.69. The highest BCUT2D eigenvalue weighted by Crippen LogP contribution is 2.19. The van der Waals surface area contributed by atoms with E-state index in [0.29, 0.717) is 29.3 Å². The quantitative estimate of drug-likeness (QED) is 0.821. The molecule has 3 N–H and O–H groups in total. The molecule has 1 saturated heterocycles. The van der Waals surface area contributed by atoms with Gasteiger partial charge in [-0.25, -0.2) is 4.39 Å². The van der Waals surface area contributed by atoms with Crippen LogP contribution in [-0.2, 0) is 4.79 Å². The van der Waals surface area contributed by atoms with Gasteiger partial charge in [0.25, 0.3) is 0 Å². The predicted octanol–water partition coefficient (Wildman–Crippen LogP) is 2.17. The van der Waals surface area contributed by atoms with Crippen molar-refractivity contribution in [3.05, 3.63) is 29.6 Å². The SMILES string of the molecule is Cc1ccc(NC(=S)N2CCCC[C@H]2C(N)=O)cc1F. The molecule has 1 aromatic rings. The van der Waals surface area contributed by atoms with E-state index in [1.165, 1.54) is 6.07 Å². The first-order valence-corrected chi connectivity index (χ1v) is 7.03. The molecule has 20 heavy (non-hydrogen) atoms.